The molecule has 3 rings (SSSR count). The number of carbonyl (C=O) groups is 1. The third-order valence-electron chi connectivity index (χ3n) is 4.28. The van der Waals surface area contributed by atoms with Crippen LogP contribution in [0, 0.1) is 5.92 Å². The molecule has 0 bridgehead atoms. The van der Waals surface area contributed by atoms with Crippen LogP contribution in [0.4, 0.5) is 24.5 Å². The minimum absolute atomic E-state index is 0.0413. The highest BCUT2D eigenvalue weighted by Gasteiger charge is 2.42. The predicted octanol–water partition coefficient (Wildman–Crippen LogP) is 3.47. The molecule has 162 valence electrons. The van der Waals surface area contributed by atoms with E-state index in [9.17, 15) is 34.8 Å². The molecule has 2 aromatic rings. The van der Waals surface area contributed by atoms with Gasteiger partial charge in [-0.3, -0.25) is 9.52 Å². The number of sulfonamides is 2. The van der Waals surface area contributed by atoms with Gasteiger partial charge >= 0.3 is 6.18 Å². The number of alkyl halides is 3. The average molecular weight is 483 g/mol. The Labute approximate surface area is 175 Å². The summed E-state index contributed by atoms with van der Waals surface area (Å²) >= 11 is 5.81. The van der Waals surface area contributed by atoms with Gasteiger partial charge in [-0.05, 0) is 42.5 Å². The van der Waals surface area contributed by atoms with Gasteiger partial charge in [0.15, 0.2) is 0 Å². The maximum atomic E-state index is 12.9. The van der Waals surface area contributed by atoms with Gasteiger partial charge in [0.1, 0.15) is 0 Å². The highest BCUT2D eigenvalue weighted by molar-refractivity contribution is 7.94. The Balaban J connectivity index is 1.91. The maximum Gasteiger partial charge on any atom is 0.416 e. The molecule has 1 fully saturated rings. The van der Waals surface area contributed by atoms with E-state index in [1.165, 1.54) is 6.92 Å². The van der Waals surface area contributed by atoms with E-state index < -0.39 is 49.3 Å². The van der Waals surface area contributed by atoms with Gasteiger partial charge in [-0.25, -0.2) is 21.1 Å². The topological polar surface area (TPSA) is 101 Å². The second-order valence-corrected chi connectivity index (χ2v) is 10.5. The first-order chi connectivity index (χ1) is 13.7. The van der Waals surface area contributed by atoms with Crippen molar-refractivity contribution in [1.29, 1.82) is 0 Å². The molecule has 0 aliphatic carbocycles. The van der Waals surface area contributed by atoms with Crippen molar-refractivity contribution in [2.75, 3.05) is 14.8 Å². The first kappa shape index (κ1) is 22.4. The average Bonchev–Trinajstić information content (AvgIpc) is 2.83. The van der Waals surface area contributed by atoms with Gasteiger partial charge in [0.05, 0.1) is 38.5 Å². The number of anilines is 2. The van der Waals surface area contributed by atoms with Crippen LogP contribution in [0.2, 0.25) is 5.02 Å². The molecule has 1 unspecified atom stereocenters. The summed E-state index contributed by atoms with van der Waals surface area (Å²) in [6.45, 7) is 1.46. The number of hydrogen-bond acceptors (Lipinski definition) is 5. The van der Waals surface area contributed by atoms with Crippen molar-refractivity contribution < 1.29 is 34.8 Å². The first-order valence-corrected chi connectivity index (χ1v) is 11.8. The van der Waals surface area contributed by atoms with E-state index in [-0.39, 0.29) is 21.4 Å². The Morgan fingerprint density at radius 3 is 2.23 bits per heavy atom. The number of rotatable bonds is 4. The van der Waals surface area contributed by atoms with E-state index >= 15 is 0 Å². The number of hydrogen-bond donors (Lipinski definition) is 1. The van der Waals surface area contributed by atoms with Crippen molar-refractivity contribution in [2.24, 2.45) is 5.92 Å². The Bertz CT molecular complexity index is 1210. The fourth-order valence-corrected chi connectivity index (χ4v) is 5.94. The van der Waals surface area contributed by atoms with Gasteiger partial charge in [-0.2, -0.15) is 13.2 Å². The number of carbonyl (C=O) groups excluding carboxylic acids is 1. The molecule has 1 aliphatic heterocycles. The number of halogens is 4. The van der Waals surface area contributed by atoms with Crippen LogP contribution in [0.1, 0.15) is 12.5 Å². The summed E-state index contributed by atoms with van der Waals surface area (Å²) < 4.78 is 90.5. The summed E-state index contributed by atoms with van der Waals surface area (Å²) in [5, 5.41) is -0.245. The third-order valence-corrected chi connectivity index (χ3v) is 7.86. The van der Waals surface area contributed by atoms with Crippen molar-refractivity contribution in [3.05, 3.63) is 53.1 Å². The molecule has 13 heteroatoms. The van der Waals surface area contributed by atoms with Gasteiger partial charge in [-0.1, -0.05) is 18.5 Å². The fraction of sp³-hybridized carbons (Fsp3) is 0.235. The second kappa shape index (κ2) is 7.43. The Morgan fingerprint density at radius 1 is 1.13 bits per heavy atom. The molecule has 1 saturated heterocycles. The van der Waals surface area contributed by atoms with Crippen LogP contribution in [-0.4, -0.2) is 28.5 Å². The molecular formula is C17H14ClF3N2O5S2. The lowest BCUT2D eigenvalue weighted by Gasteiger charge is -2.16. The van der Waals surface area contributed by atoms with Crippen molar-refractivity contribution >= 4 is 48.9 Å². The van der Waals surface area contributed by atoms with E-state index in [1.807, 2.05) is 4.72 Å². The first-order valence-electron chi connectivity index (χ1n) is 8.29. The van der Waals surface area contributed by atoms with Crippen LogP contribution in [-0.2, 0) is 31.0 Å². The molecular weight excluding hydrogens is 469 g/mol. The summed E-state index contributed by atoms with van der Waals surface area (Å²) in [5.41, 5.74) is -1.60. The molecule has 2 aromatic carbocycles. The highest BCUT2D eigenvalue weighted by Crippen LogP contribution is 2.35. The summed E-state index contributed by atoms with van der Waals surface area (Å²) in [6.07, 6.45) is -4.70. The Kier molecular flexibility index (Phi) is 5.54. The zero-order valence-electron chi connectivity index (χ0n) is 15.1. The quantitative estimate of drug-likeness (QED) is 0.719. The smallest absolute Gasteiger partial charge is 0.278 e. The summed E-state index contributed by atoms with van der Waals surface area (Å²) in [7, 11) is -8.21. The lowest BCUT2D eigenvalue weighted by atomic mass is 10.2. The number of amides is 1. The van der Waals surface area contributed by atoms with E-state index in [0.717, 1.165) is 30.3 Å². The van der Waals surface area contributed by atoms with E-state index in [1.54, 1.807) is 0 Å². The minimum atomic E-state index is -4.70. The molecule has 1 heterocycles. The van der Waals surface area contributed by atoms with Crippen LogP contribution < -0.4 is 9.03 Å². The van der Waals surface area contributed by atoms with Crippen molar-refractivity contribution in [2.45, 2.75) is 18.0 Å². The Hall–Kier alpha value is -2.31. The molecule has 7 nitrogen and oxygen atoms in total. The number of nitrogens with zero attached hydrogens (tertiary/aromatic N) is 1. The molecule has 1 atom stereocenters. The van der Waals surface area contributed by atoms with E-state index in [0.29, 0.717) is 16.4 Å². The summed E-state index contributed by atoms with van der Waals surface area (Å²) in [6, 6.07) is 6.49. The highest BCUT2D eigenvalue weighted by atomic mass is 35.5. The minimum Gasteiger partial charge on any atom is -0.278 e. The van der Waals surface area contributed by atoms with E-state index in [2.05, 4.69) is 0 Å². The number of benzene rings is 2. The third kappa shape index (κ3) is 4.25. The van der Waals surface area contributed by atoms with Crippen LogP contribution in [0.25, 0.3) is 0 Å². The molecule has 0 saturated carbocycles. The van der Waals surface area contributed by atoms with E-state index in [4.69, 9.17) is 11.6 Å². The van der Waals surface area contributed by atoms with Gasteiger partial charge in [-0.15, -0.1) is 0 Å². The van der Waals surface area contributed by atoms with Crippen LogP contribution in [0.15, 0.2) is 47.4 Å². The van der Waals surface area contributed by atoms with Crippen molar-refractivity contribution in [3.8, 4) is 0 Å². The molecule has 1 aliphatic rings. The van der Waals surface area contributed by atoms with Gasteiger partial charge in [0.25, 0.3) is 10.0 Å². The normalized spacial score (nSPS) is 19.2. The maximum absolute atomic E-state index is 12.9. The second-order valence-electron chi connectivity index (χ2n) is 6.57. The molecule has 1 amide bonds. The molecule has 0 spiro atoms. The van der Waals surface area contributed by atoms with Crippen LogP contribution in [0.3, 0.4) is 0 Å². The van der Waals surface area contributed by atoms with Crippen LogP contribution in [0.5, 0.6) is 0 Å². The zero-order valence-corrected chi connectivity index (χ0v) is 17.5. The number of nitrogens with one attached hydrogen (secondary N) is 1. The van der Waals surface area contributed by atoms with Crippen molar-refractivity contribution in [1.82, 2.24) is 0 Å². The molecule has 30 heavy (non-hydrogen) atoms. The summed E-state index contributed by atoms with van der Waals surface area (Å²) in [4.78, 5) is 11.7. The molecule has 0 aromatic heterocycles. The fourth-order valence-electron chi connectivity index (χ4n) is 2.83. The predicted molar refractivity (Wildman–Crippen MR) is 104 cm³/mol. The van der Waals surface area contributed by atoms with Gasteiger partial charge in [0.2, 0.25) is 15.9 Å². The monoisotopic (exact) mass is 482 g/mol. The Morgan fingerprint density at radius 2 is 1.73 bits per heavy atom. The van der Waals surface area contributed by atoms with Gasteiger partial charge in [0, 0.05) is 0 Å². The van der Waals surface area contributed by atoms with Gasteiger partial charge < -0.3 is 0 Å². The lowest BCUT2D eigenvalue weighted by molar-refractivity contribution is -0.137. The standard InChI is InChI=1S/C17H14ClF3N2O5S2/c1-10-9-29(25,26)23(16(10)24)12-3-5-13(6-4-12)30(27,28)22-15-8-11(17(19,20)21)2-7-14(15)18/h2-8,10,22H,9H2,1H3. The SMILES string of the molecule is CC1CS(=O)(=O)N(c2ccc(S(=O)(=O)Nc3cc(C(F)(F)F)ccc3Cl)cc2)C1=O. The van der Waals surface area contributed by atoms with Crippen LogP contribution >= 0.6 is 11.6 Å². The van der Waals surface area contributed by atoms with Crippen molar-refractivity contribution in [3.63, 3.8) is 0 Å². The lowest BCUT2D eigenvalue weighted by Crippen LogP contribution is -2.30. The zero-order chi connectivity index (χ0) is 22.5. The summed E-state index contributed by atoms with van der Waals surface area (Å²) in [5.74, 6) is -1.73. The largest absolute Gasteiger partial charge is 0.416 e. The molecule has 0 radical (unpaired) electrons. The molecule has 1 N–H and O–H groups in total.